The first kappa shape index (κ1) is 17.6. The van der Waals surface area contributed by atoms with E-state index in [4.69, 9.17) is 9.47 Å². The van der Waals surface area contributed by atoms with E-state index >= 15 is 0 Å². The quantitative estimate of drug-likeness (QED) is 0.669. The zero-order valence-electron chi connectivity index (χ0n) is 15.8. The van der Waals surface area contributed by atoms with Gasteiger partial charge in [0.15, 0.2) is 6.23 Å². The van der Waals surface area contributed by atoms with Crippen molar-refractivity contribution in [2.24, 2.45) is 0 Å². The summed E-state index contributed by atoms with van der Waals surface area (Å²) < 4.78 is 11.4. The lowest BCUT2D eigenvalue weighted by Crippen LogP contribution is -2.38. The molecule has 1 aliphatic rings. The monoisotopic (exact) mass is 360 g/mol. The van der Waals surface area contributed by atoms with Crippen molar-refractivity contribution < 1.29 is 9.47 Å². The molecule has 0 fully saturated rings. The average Bonchev–Trinajstić information content (AvgIpc) is 2.73. The first-order valence-electron chi connectivity index (χ1n) is 9.26. The summed E-state index contributed by atoms with van der Waals surface area (Å²) in [6, 6.07) is 18.6. The molecule has 3 aromatic rings. The first-order valence-corrected chi connectivity index (χ1v) is 9.26. The third kappa shape index (κ3) is 3.96. The van der Waals surface area contributed by atoms with Crippen LogP contribution in [-0.2, 0) is 13.0 Å². The Morgan fingerprint density at radius 3 is 2.70 bits per heavy atom. The Labute approximate surface area is 160 Å². The van der Waals surface area contributed by atoms with Gasteiger partial charge in [0.2, 0.25) is 0 Å². The minimum absolute atomic E-state index is 0.0875. The van der Waals surface area contributed by atoms with Gasteiger partial charge in [-0.2, -0.15) is 0 Å². The van der Waals surface area contributed by atoms with Gasteiger partial charge in [0.25, 0.3) is 0 Å². The van der Waals surface area contributed by atoms with E-state index in [1.807, 2.05) is 30.6 Å². The summed E-state index contributed by atoms with van der Waals surface area (Å²) in [5, 5.41) is 0. The van der Waals surface area contributed by atoms with Crippen LogP contribution in [0, 0.1) is 0 Å². The highest BCUT2D eigenvalue weighted by atomic mass is 16.5. The third-order valence-corrected chi connectivity index (χ3v) is 5.04. The minimum atomic E-state index is 0.0875. The Morgan fingerprint density at radius 1 is 1.07 bits per heavy atom. The predicted octanol–water partition coefficient (Wildman–Crippen LogP) is 4.54. The molecule has 1 aromatic heterocycles. The largest absolute Gasteiger partial charge is 0.497 e. The molecule has 2 aromatic carbocycles. The maximum absolute atomic E-state index is 6.20. The molecule has 0 N–H and O–H groups in total. The highest BCUT2D eigenvalue weighted by molar-refractivity contribution is 5.63. The molecule has 0 aliphatic carbocycles. The fourth-order valence-electron chi connectivity index (χ4n) is 3.53. The molecule has 0 radical (unpaired) electrons. The van der Waals surface area contributed by atoms with Crippen LogP contribution in [0.15, 0.2) is 67.0 Å². The highest BCUT2D eigenvalue weighted by Gasteiger charge is 2.23. The maximum atomic E-state index is 6.20. The Morgan fingerprint density at radius 2 is 1.89 bits per heavy atom. The SMILES string of the molecule is COc1ccc(-c2cncc(CN(C)C3CCc4ccccc4O3)c2)cc1. The lowest BCUT2D eigenvalue weighted by Gasteiger charge is -2.32. The zero-order chi connectivity index (χ0) is 18.6. The van der Waals surface area contributed by atoms with Gasteiger partial charge in [0.05, 0.1) is 7.11 Å². The van der Waals surface area contributed by atoms with Crippen LogP contribution in [0.3, 0.4) is 0 Å². The van der Waals surface area contributed by atoms with Crippen molar-refractivity contribution in [2.45, 2.75) is 25.6 Å². The Hall–Kier alpha value is -2.85. The van der Waals surface area contributed by atoms with Gasteiger partial charge in [-0.25, -0.2) is 0 Å². The molecule has 0 saturated heterocycles. The number of hydrogen-bond acceptors (Lipinski definition) is 4. The van der Waals surface area contributed by atoms with Crippen molar-refractivity contribution in [3.63, 3.8) is 0 Å². The van der Waals surface area contributed by atoms with Gasteiger partial charge in [-0.05, 0) is 54.4 Å². The number of aryl methyl sites for hydroxylation is 1. The number of pyridine rings is 1. The van der Waals surface area contributed by atoms with Crippen LogP contribution in [0.5, 0.6) is 11.5 Å². The Bertz CT molecular complexity index is 908. The van der Waals surface area contributed by atoms with E-state index in [1.54, 1.807) is 7.11 Å². The van der Waals surface area contributed by atoms with Gasteiger partial charge in [-0.3, -0.25) is 9.88 Å². The summed E-state index contributed by atoms with van der Waals surface area (Å²) in [4.78, 5) is 6.69. The van der Waals surface area contributed by atoms with Crippen molar-refractivity contribution in [1.29, 1.82) is 0 Å². The Balaban J connectivity index is 1.46. The van der Waals surface area contributed by atoms with Crippen molar-refractivity contribution in [1.82, 2.24) is 9.88 Å². The van der Waals surface area contributed by atoms with Gasteiger partial charge in [-0.1, -0.05) is 30.3 Å². The van der Waals surface area contributed by atoms with Gasteiger partial charge in [0, 0.05) is 30.9 Å². The summed E-state index contributed by atoms with van der Waals surface area (Å²) in [6.45, 7) is 0.795. The second-order valence-corrected chi connectivity index (χ2v) is 6.94. The van der Waals surface area contributed by atoms with Crippen LogP contribution in [0.2, 0.25) is 0 Å². The van der Waals surface area contributed by atoms with Crippen LogP contribution in [0.25, 0.3) is 11.1 Å². The smallest absolute Gasteiger partial charge is 0.153 e. The normalized spacial score (nSPS) is 15.9. The van der Waals surface area contributed by atoms with E-state index in [-0.39, 0.29) is 6.23 Å². The Kier molecular flexibility index (Phi) is 5.07. The zero-order valence-corrected chi connectivity index (χ0v) is 15.8. The molecule has 2 heterocycles. The fourth-order valence-corrected chi connectivity index (χ4v) is 3.53. The van der Waals surface area contributed by atoms with Crippen molar-refractivity contribution in [3.8, 4) is 22.6 Å². The van der Waals surface area contributed by atoms with E-state index < -0.39 is 0 Å². The summed E-state index contributed by atoms with van der Waals surface area (Å²) in [5.41, 5.74) is 4.72. The van der Waals surface area contributed by atoms with Crippen LogP contribution >= 0.6 is 0 Å². The maximum Gasteiger partial charge on any atom is 0.153 e. The van der Waals surface area contributed by atoms with Gasteiger partial charge in [0.1, 0.15) is 11.5 Å². The fraction of sp³-hybridized carbons (Fsp3) is 0.261. The number of ether oxygens (including phenoxy) is 2. The average molecular weight is 360 g/mol. The van der Waals surface area contributed by atoms with E-state index in [0.29, 0.717) is 0 Å². The second-order valence-electron chi connectivity index (χ2n) is 6.94. The second kappa shape index (κ2) is 7.80. The molecule has 0 spiro atoms. The van der Waals surface area contributed by atoms with Gasteiger partial charge < -0.3 is 9.47 Å². The van der Waals surface area contributed by atoms with E-state index in [9.17, 15) is 0 Å². The molecule has 4 heteroatoms. The number of aromatic nitrogens is 1. The molecule has 4 nitrogen and oxygen atoms in total. The molecular formula is C23H24N2O2. The summed E-state index contributed by atoms with van der Waals surface area (Å²) in [6.07, 6.45) is 5.97. The molecule has 1 unspecified atom stereocenters. The summed E-state index contributed by atoms with van der Waals surface area (Å²) in [5.74, 6) is 1.86. The van der Waals surface area contributed by atoms with E-state index in [2.05, 4.69) is 53.3 Å². The first-order chi connectivity index (χ1) is 13.2. The lowest BCUT2D eigenvalue weighted by atomic mass is 10.0. The number of benzene rings is 2. The number of nitrogens with zero attached hydrogens (tertiary/aromatic N) is 2. The number of hydrogen-bond donors (Lipinski definition) is 0. The van der Waals surface area contributed by atoms with Crippen molar-refractivity contribution in [3.05, 3.63) is 78.1 Å². The van der Waals surface area contributed by atoms with E-state index in [0.717, 1.165) is 42.0 Å². The molecule has 138 valence electrons. The van der Waals surface area contributed by atoms with Crippen LogP contribution in [0.4, 0.5) is 0 Å². The molecular weight excluding hydrogens is 336 g/mol. The molecule has 0 bridgehead atoms. The predicted molar refractivity (Wildman–Crippen MR) is 107 cm³/mol. The summed E-state index contributed by atoms with van der Waals surface area (Å²) >= 11 is 0. The van der Waals surface area contributed by atoms with Gasteiger partial charge >= 0.3 is 0 Å². The summed E-state index contributed by atoms with van der Waals surface area (Å²) in [7, 11) is 3.79. The van der Waals surface area contributed by atoms with Crippen LogP contribution < -0.4 is 9.47 Å². The van der Waals surface area contributed by atoms with E-state index in [1.165, 1.54) is 11.1 Å². The lowest BCUT2D eigenvalue weighted by molar-refractivity contribution is 0.0226. The van der Waals surface area contributed by atoms with Crippen molar-refractivity contribution >= 4 is 0 Å². The molecule has 1 aliphatic heterocycles. The molecule has 0 amide bonds. The number of para-hydroxylation sites is 1. The van der Waals surface area contributed by atoms with Gasteiger partial charge in [-0.15, -0.1) is 0 Å². The van der Waals surface area contributed by atoms with Crippen molar-refractivity contribution in [2.75, 3.05) is 14.2 Å². The number of fused-ring (bicyclic) bond motifs is 1. The number of rotatable bonds is 5. The molecule has 4 rings (SSSR count). The topological polar surface area (TPSA) is 34.6 Å². The van der Waals surface area contributed by atoms with Crippen LogP contribution in [-0.4, -0.2) is 30.3 Å². The third-order valence-electron chi connectivity index (χ3n) is 5.04. The van der Waals surface area contributed by atoms with Crippen LogP contribution in [0.1, 0.15) is 17.5 Å². The minimum Gasteiger partial charge on any atom is -0.497 e. The number of methoxy groups -OCH3 is 1. The standard InChI is InChI=1S/C23H24N2O2/c1-25(23-12-9-19-5-3-4-6-22(19)27-23)16-17-13-20(15-24-14-17)18-7-10-21(26-2)11-8-18/h3-8,10-11,13-15,23H,9,12,16H2,1-2H3. The molecule has 27 heavy (non-hydrogen) atoms. The molecule has 0 saturated carbocycles. The highest BCUT2D eigenvalue weighted by Crippen LogP contribution is 2.29. The molecule has 1 atom stereocenters.